The quantitative estimate of drug-likeness (QED) is 0.655. The van der Waals surface area contributed by atoms with Gasteiger partial charge in [0.1, 0.15) is 17.9 Å². The highest BCUT2D eigenvalue weighted by Crippen LogP contribution is 2.59. The van der Waals surface area contributed by atoms with Crippen molar-refractivity contribution in [3.63, 3.8) is 0 Å². The second kappa shape index (κ2) is 7.36. The Morgan fingerprint density at radius 2 is 2.24 bits per heavy atom. The first-order chi connectivity index (χ1) is 13.6. The molecule has 4 aliphatic heterocycles. The van der Waals surface area contributed by atoms with Crippen LogP contribution >= 0.6 is 7.82 Å². The van der Waals surface area contributed by atoms with Gasteiger partial charge in [-0.15, -0.1) is 0 Å². The highest BCUT2D eigenvalue weighted by Gasteiger charge is 2.64. The fourth-order valence-electron chi connectivity index (χ4n) is 3.77. The summed E-state index contributed by atoms with van der Waals surface area (Å²) in [6.07, 6.45) is -4.10. The molecule has 0 aromatic rings. The van der Waals surface area contributed by atoms with E-state index in [-0.39, 0.29) is 25.1 Å². The number of guanidine groups is 1. The minimum absolute atomic E-state index is 0.00897. The second-order valence-electron chi connectivity index (χ2n) is 7.51. The third kappa shape index (κ3) is 3.62. The van der Waals surface area contributed by atoms with Crippen molar-refractivity contribution >= 4 is 25.4 Å². The Hall–Kier alpha value is -1.43. The van der Waals surface area contributed by atoms with Crippen LogP contribution in [-0.2, 0) is 27.6 Å². The number of phosphoric ester groups is 1. The molecule has 4 heterocycles. The molecule has 0 bridgehead atoms. The van der Waals surface area contributed by atoms with E-state index in [9.17, 15) is 4.57 Å². The van der Waals surface area contributed by atoms with E-state index < -0.39 is 44.2 Å². The minimum Gasteiger partial charge on any atom is -0.477 e. The Labute approximate surface area is 167 Å². The number of nitrogens with zero attached hydrogens (tertiary/aromatic N) is 4. The maximum Gasteiger partial charge on any atom is 0.475 e. The van der Waals surface area contributed by atoms with Gasteiger partial charge in [0, 0.05) is 0 Å². The molecule has 0 aromatic heterocycles. The van der Waals surface area contributed by atoms with Gasteiger partial charge in [-0.25, -0.2) is 18.8 Å². The molecule has 6 atom stereocenters. The number of nitrogens with two attached hydrogens (primary N) is 1. The number of halogens is 1. The zero-order chi connectivity index (χ0) is 21.0. The normalized spacial score (nSPS) is 42.2. The molecule has 0 aromatic carbocycles. The number of alkyl halides is 1. The molecule has 2 saturated heterocycles. The van der Waals surface area contributed by atoms with Gasteiger partial charge >= 0.3 is 7.82 Å². The van der Waals surface area contributed by atoms with Gasteiger partial charge in [0.2, 0.25) is 11.9 Å². The molecule has 4 aliphatic rings. The lowest BCUT2D eigenvalue weighted by Crippen LogP contribution is -2.55. The van der Waals surface area contributed by atoms with E-state index in [1.807, 2.05) is 6.92 Å². The summed E-state index contributed by atoms with van der Waals surface area (Å²) in [5, 5.41) is 0. The largest absolute Gasteiger partial charge is 0.477 e. The van der Waals surface area contributed by atoms with Crippen LogP contribution in [0, 0.1) is 0 Å². The highest BCUT2D eigenvalue weighted by molar-refractivity contribution is 7.48. The highest BCUT2D eigenvalue weighted by atomic mass is 31.2. The van der Waals surface area contributed by atoms with Crippen molar-refractivity contribution in [2.45, 2.75) is 64.1 Å². The Morgan fingerprint density at radius 3 is 2.93 bits per heavy atom. The maximum atomic E-state index is 15.9. The summed E-state index contributed by atoms with van der Waals surface area (Å²) >= 11 is 0. The molecule has 11 nitrogen and oxygen atoms in total. The molecular formula is C16H25FN5O6P. The number of ether oxygens (including phenoxy) is 2. The number of fused-ring (bicyclic) bond motifs is 2. The predicted molar refractivity (Wildman–Crippen MR) is 101 cm³/mol. The van der Waals surface area contributed by atoms with E-state index >= 15 is 4.39 Å². The monoisotopic (exact) mass is 433 g/mol. The number of phosphoric acid groups is 1. The average Bonchev–Trinajstić information content (AvgIpc) is 3.13. The van der Waals surface area contributed by atoms with Gasteiger partial charge in [-0.3, -0.25) is 18.6 Å². The van der Waals surface area contributed by atoms with E-state index in [0.717, 1.165) is 0 Å². The Bertz CT molecular complexity index is 818. The van der Waals surface area contributed by atoms with Crippen LogP contribution in [0.2, 0.25) is 0 Å². The first kappa shape index (κ1) is 20.8. The lowest BCUT2D eigenvalue weighted by molar-refractivity contribution is -0.108. The topological polar surface area (TPSA) is 130 Å². The summed E-state index contributed by atoms with van der Waals surface area (Å²) in [6, 6.07) is 0. The van der Waals surface area contributed by atoms with Crippen molar-refractivity contribution in [3.8, 4) is 0 Å². The molecule has 0 amide bonds. The standard InChI is InChI=1S/C16H25FN5O6P/c1-5-24-13-10-12(20-15(18)21-13)22(7-19-10)14-16(4,17)11-9(26-14)6-25-29(23,28-11)27-8(2)3/h8-9,11-12,14H,5-7H2,1-4H3,(H2,18,20)/t9-,11-,12?,14-,16-,29-/m1/s1. The third-order valence-corrected chi connectivity index (χ3v) is 6.53. The molecule has 1 unspecified atom stereocenters. The van der Waals surface area contributed by atoms with Crippen LogP contribution in [0.1, 0.15) is 27.7 Å². The van der Waals surface area contributed by atoms with Crippen LogP contribution in [0.4, 0.5) is 4.39 Å². The zero-order valence-corrected chi connectivity index (χ0v) is 17.5. The van der Waals surface area contributed by atoms with Gasteiger partial charge in [-0.05, 0) is 27.7 Å². The van der Waals surface area contributed by atoms with Crippen molar-refractivity contribution in [2.75, 3.05) is 19.9 Å². The predicted octanol–water partition coefficient (Wildman–Crippen LogP) is 1.19. The van der Waals surface area contributed by atoms with Gasteiger partial charge in [-0.1, -0.05) is 0 Å². The zero-order valence-electron chi connectivity index (χ0n) is 16.6. The smallest absolute Gasteiger partial charge is 0.475 e. The Kier molecular flexibility index (Phi) is 5.29. The molecule has 2 N–H and O–H groups in total. The number of hydrogen-bond acceptors (Lipinski definition) is 11. The summed E-state index contributed by atoms with van der Waals surface area (Å²) in [6.45, 7) is 6.88. The molecule has 0 saturated carbocycles. The first-order valence-corrected chi connectivity index (χ1v) is 10.9. The van der Waals surface area contributed by atoms with Crippen LogP contribution in [-0.4, -0.2) is 78.7 Å². The van der Waals surface area contributed by atoms with Crippen molar-refractivity contribution in [3.05, 3.63) is 0 Å². The number of hydrogen-bond donors (Lipinski definition) is 1. The Morgan fingerprint density at radius 1 is 1.48 bits per heavy atom. The first-order valence-electron chi connectivity index (χ1n) is 9.45. The molecule has 0 spiro atoms. The van der Waals surface area contributed by atoms with Crippen molar-refractivity contribution in [1.82, 2.24) is 4.90 Å². The van der Waals surface area contributed by atoms with Gasteiger partial charge in [0.05, 0.1) is 26.0 Å². The lowest BCUT2D eigenvalue weighted by Gasteiger charge is -2.36. The molecule has 162 valence electrons. The van der Waals surface area contributed by atoms with E-state index in [1.165, 1.54) is 6.92 Å². The molecule has 0 aliphatic carbocycles. The molecule has 13 heteroatoms. The van der Waals surface area contributed by atoms with Crippen molar-refractivity contribution in [1.29, 1.82) is 0 Å². The van der Waals surface area contributed by atoms with Gasteiger partial charge in [-0.2, -0.15) is 4.99 Å². The van der Waals surface area contributed by atoms with Crippen LogP contribution in [0.3, 0.4) is 0 Å². The fourth-order valence-corrected chi connectivity index (χ4v) is 5.41. The maximum absolute atomic E-state index is 15.9. The summed E-state index contributed by atoms with van der Waals surface area (Å²) in [5.74, 6) is 0.271. The summed E-state index contributed by atoms with van der Waals surface area (Å²) in [5.41, 5.74) is 4.22. The Balaban J connectivity index is 1.56. The van der Waals surface area contributed by atoms with Crippen LogP contribution in [0.15, 0.2) is 15.0 Å². The van der Waals surface area contributed by atoms with Gasteiger partial charge in [0.25, 0.3) is 0 Å². The SMILES string of the molecule is CCOC1=NC(N)=NC2C1=NCN2[C@@H]1O[C@@H]2CO[P@](=O)(OC(C)C)O[C@H]2[C@@]1(C)F. The van der Waals surface area contributed by atoms with E-state index in [2.05, 4.69) is 15.0 Å². The third-order valence-electron chi connectivity index (χ3n) is 4.90. The van der Waals surface area contributed by atoms with Crippen LogP contribution < -0.4 is 5.73 Å². The molecule has 29 heavy (non-hydrogen) atoms. The molecule has 2 fully saturated rings. The van der Waals surface area contributed by atoms with Crippen molar-refractivity contribution in [2.24, 2.45) is 20.7 Å². The van der Waals surface area contributed by atoms with Crippen LogP contribution in [0.25, 0.3) is 0 Å². The summed E-state index contributed by atoms with van der Waals surface area (Å²) in [4.78, 5) is 14.3. The number of aliphatic imine (C=N–C) groups is 3. The number of rotatable bonds is 4. The van der Waals surface area contributed by atoms with E-state index in [4.69, 9.17) is 28.8 Å². The molecular weight excluding hydrogens is 408 g/mol. The molecule has 4 rings (SSSR count). The molecule has 0 radical (unpaired) electrons. The summed E-state index contributed by atoms with van der Waals surface area (Å²) < 4.78 is 56.0. The van der Waals surface area contributed by atoms with Crippen LogP contribution in [0.5, 0.6) is 0 Å². The average molecular weight is 433 g/mol. The van der Waals surface area contributed by atoms with E-state index in [0.29, 0.717) is 12.3 Å². The van der Waals surface area contributed by atoms with Crippen molar-refractivity contribution < 1.29 is 32.0 Å². The summed E-state index contributed by atoms with van der Waals surface area (Å²) in [7, 11) is -3.89. The van der Waals surface area contributed by atoms with Gasteiger partial charge < -0.3 is 15.2 Å². The lowest BCUT2D eigenvalue weighted by atomic mass is 9.97. The fraction of sp³-hybridized carbons (Fsp3) is 0.812. The minimum atomic E-state index is -3.89. The second-order valence-corrected chi connectivity index (χ2v) is 9.09. The van der Waals surface area contributed by atoms with Gasteiger partial charge in [0.15, 0.2) is 18.1 Å². The van der Waals surface area contributed by atoms with E-state index in [1.54, 1.807) is 18.7 Å².